The van der Waals surface area contributed by atoms with E-state index in [9.17, 15) is 0 Å². The van der Waals surface area contributed by atoms with E-state index in [1.807, 2.05) is 0 Å². The van der Waals surface area contributed by atoms with Crippen molar-refractivity contribution in [1.82, 2.24) is 16.0 Å². The average molecular weight is 673 g/mol. The normalized spacial score (nSPS) is 18.6. The van der Waals surface area contributed by atoms with Gasteiger partial charge in [0.05, 0.1) is 0 Å². The number of hydrogen-bond donors (Lipinski definition) is 3. The molecule has 0 amide bonds. The van der Waals surface area contributed by atoms with E-state index in [1.165, 1.54) is 49.5 Å². The molecule has 52 heavy (non-hydrogen) atoms. The lowest BCUT2D eigenvalue weighted by Crippen LogP contribution is -2.44. The molecule has 0 fully saturated rings. The summed E-state index contributed by atoms with van der Waals surface area (Å²) in [7, 11) is 0. The molecule has 3 atom stereocenters. The summed E-state index contributed by atoms with van der Waals surface area (Å²) in [4.78, 5) is 5.34. The number of allylic oxidation sites excluding steroid dienone is 3. The Hall–Kier alpha value is -6.23. The molecule has 3 unspecified atom stereocenters. The number of nitrogens with one attached hydrogen (secondary N) is 3. The molecule has 2 aliphatic rings. The predicted octanol–water partition coefficient (Wildman–Crippen LogP) is 10.9. The second-order valence-electron chi connectivity index (χ2n) is 13.9. The third-order valence-electron chi connectivity index (χ3n) is 10.2. The molecular formula is C48H40N4. The number of benzene rings is 7. The molecule has 252 valence electrons. The van der Waals surface area contributed by atoms with Crippen LogP contribution in [-0.4, -0.2) is 11.9 Å². The Morgan fingerprint density at radius 3 is 1.88 bits per heavy atom. The minimum atomic E-state index is -0.214. The number of rotatable bonds is 6. The van der Waals surface area contributed by atoms with Crippen molar-refractivity contribution in [3.05, 3.63) is 198 Å². The fourth-order valence-corrected chi connectivity index (χ4v) is 7.66. The van der Waals surface area contributed by atoms with Crippen molar-refractivity contribution in [2.75, 3.05) is 0 Å². The predicted molar refractivity (Wildman–Crippen MR) is 218 cm³/mol. The molecule has 4 heteroatoms. The van der Waals surface area contributed by atoms with Gasteiger partial charge in [0.15, 0.2) is 0 Å². The zero-order valence-corrected chi connectivity index (χ0v) is 29.3. The molecule has 2 heterocycles. The number of fused-ring (bicyclic) bond motifs is 3. The Morgan fingerprint density at radius 1 is 0.500 bits per heavy atom. The van der Waals surface area contributed by atoms with Crippen molar-refractivity contribution >= 4 is 33.0 Å². The van der Waals surface area contributed by atoms with Gasteiger partial charge in [-0.1, -0.05) is 133 Å². The summed E-state index contributed by atoms with van der Waals surface area (Å²) in [6, 6.07) is 57.1. The number of nitrogens with zero attached hydrogens (tertiary/aromatic N) is 1. The van der Waals surface area contributed by atoms with E-state index in [1.54, 1.807) is 0 Å². The first-order valence-electron chi connectivity index (χ1n) is 18.1. The van der Waals surface area contributed by atoms with Crippen LogP contribution < -0.4 is 16.0 Å². The highest BCUT2D eigenvalue weighted by molar-refractivity contribution is 6.09. The summed E-state index contributed by atoms with van der Waals surface area (Å²) >= 11 is 0. The Bertz CT molecular complexity index is 2530. The minimum absolute atomic E-state index is 0.120. The highest BCUT2D eigenvalue weighted by atomic mass is 15.3. The van der Waals surface area contributed by atoms with Crippen molar-refractivity contribution in [3.63, 3.8) is 0 Å². The maximum Gasteiger partial charge on any atom is 0.131 e. The SMILES string of the molecule is CC1=CC(c2cccc(-c3cc(C4=NC(c5ccccc5)NC(c5ccccc5)N4)cc(-c4ccc5ccc6ccccc6c5c4)c3)c2)=CC(C)N1. The van der Waals surface area contributed by atoms with Crippen LogP contribution in [0.5, 0.6) is 0 Å². The molecule has 0 radical (unpaired) electrons. The number of hydrogen-bond acceptors (Lipinski definition) is 4. The van der Waals surface area contributed by atoms with E-state index in [0.29, 0.717) is 0 Å². The third kappa shape index (κ3) is 6.30. The first-order chi connectivity index (χ1) is 25.5. The Labute approximate surface area is 305 Å². The molecule has 3 N–H and O–H groups in total. The van der Waals surface area contributed by atoms with Crippen LogP contribution in [0.3, 0.4) is 0 Å². The summed E-state index contributed by atoms with van der Waals surface area (Å²) in [6.07, 6.45) is 4.20. The minimum Gasteiger partial charge on any atom is -0.383 e. The number of aliphatic imine (C=N–C) groups is 1. The highest BCUT2D eigenvalue weighted by Gasteiger charge is 2.26. The lowest BCUT2D eigenvalue weighted by Gasteiger charge is -2.32. The van der Waals surface area contributed by atoms with Crippen molar-refractivity contribution < 1.29 is 0 Å². The third-order valence-corrected chi connectivity index (χ3v) is 10.2. The monoisotopic (exact) mass is 672 g/mol. The Morgan fingerprint density at radius 2 is 1.12 bits per heavy atom. The molecule has 4 nitrogen and oxygen atoms in total. The molecule has 2 aliphatic heterocycles. The van der Waals surface area contributed by atoms with Gasteiger partial charge in [0, 0.05) is 17.3 Å². The van der Waals surface area contributed by atoms with Crippen molar-refractivity contribution in [2.45, 2.75) is 32.2 Å². The first kappa shape index (κ1) is 31.7. The first-order valence-corrected chi connectivity index (χ1v) is 18.1. The van der Waals surface area contributed by atoms with Gasteiger partial charge in [-0.3, -0.25) is 5.32 Å². The van der Waals surface area contributed by atoms with Gasteiger partial charge < -0.3 is 10.6 Å². The topological polar surface area (TPSA) is 48.5 Å². The zero-order valence-electron chi connectivity index (χ0n) is 29.3. The van der Waals surface area contributed by atoms with E-state index in [0.717, 1.165) is 33.7 Å². The van der Waals surface area contributed by atoms with E-state index in [-0.39, 0.29) is 18.4 Å². The van der Waals surface area contributed by atoms with Crippen molar-refractivity contribution in [1.29, 1.82) is 0 Å². The lowest BCUT2D eigenvalue weighted by atomic mass is 9.91. The number of dihydropyridines is 1. The van der Waals surface area contributed by atoms with Gasteiger partial charge in [0.25, 0.3) is 0 Å². The maximum atomic E-state index is 5.34. The second-order valence-corrected chi connectivity index (χ2v) is 13.9. The lowest BCUT2D eigenvalue weighted by molar-refractivity contribution is 0.409. The summed E-state index contributed by atoms with van der Waals surface area (Å²) in [5.41, 5.74) is 11.6. The van der Waals surface area contributed by atoms with E-state index in [2.05, 4.69) is 200 Å². The summed E-state index contributed by atoms with van der Waals surface area (Å²) in [5.74, 6) is 0.861. The van der Waals surface area contributed by atoms with Crippen LogP contribution in [-0.2, 0) is 0 Å². The fraction of sp³-hybridized carbons (Fsp3) is 0.104. The van der Waals surface area contributed by atoms with Crippen LogP contribution in [0, 0.1) is 0 Å². The van der Waals surface area contributed by atoms with Crippen LogP contribution >= 0.6 is 0 Å². The summed E-state index contributed by atoms with van der Waals surface area (Å²) < 4.78 is 0. The Kier molecular flexibility index (Phi) is 8.22. The fourth-order valence-electron chi connectivity index (χ4n) is 7.66. The van der Waals surface area contributed by atoms with Crippen LogP contribution in [0.25, 0.3) is 49.4 Å². The molecule has 0 aromatic heterocycles. The van der Waals surface area contributed by atoms with Crippen LogP contribution in [0.1, 0.15) is 48.4 Å². The highest BCUT2D eigenvalue weighted by Crippen LogP contribution is 2.35. The molecule has 0 spiro atoms. The zero-order chi connectivity index (χ0) is 35.0. The molecule has 9 rings (SSSR count). The molecule has 0 saturated heterocycles. The molecule has 0 saturated carbocycles. The molecule has 0 aliphatic carbocycles. The summed E-state index contributed by atoms with van der Waals surface area (Å²) in [5, 5.41) is 16.0. The van der Waals surface area contributed by atoms with Crippen LogP contribution in [0.15, 0.2) is 181 Å². The van der Waals surface area contributed by atoms with E-state index in [4.69, 9.17) is 4.99 Å². The van der Waals surface area contributed by atoms with Gasteiger partial charge in [0.1, 0.15) is 18.2 Å². The number of amidine groups is 1. The van der Waals surface area contributed by atoms with E-state index < -0.39 is 0 Å². The van der Waals surface area contributed by atoms with E-state index >= 15 is 0 Å². The van der Waals surface area contributed by atoms with Gasteiger partial charge in [-0.15, -0.1) is 0 Å². The van der Waals surface area contributed by atoms with Crippen LogP contribution in [0.2, 0.25) is 0 Å². The van der Waals surface area contributed by atoms with Gasteiger partial charge in [0.2, 0.25) is 0 Å². The summed E-state index contributed by atoms with van der Waals surface area (Å²) in [6.45, 7) is 4.33. The standard InChI is InChI=1S/C48H40N4/c1-31-24-40(25-32(2)49-31)37-17-11-18-38(26-37)41-27-42(39-23-22-34-21-20-33-12-9-10-19-44(33)45(34)30-39)29-43(28-41)48-51-46(35-13-5-3-6-14-35)50-47(52-48)36-15-7-4-8-16-36/h3-31,46-47,49-50H,1-2H3,(H,51,52). The van der Waals surface area contributed by atoms with Gasteiger partial charge in [-0.2, -0.15) is 0 Å². The Balaban J connectivity index is 1.22. The van der Waals surface area contributed by atoms with Gasteiger partial charge in [-0.25, -0.2) is 4.99 Å². The largest absolute Gasteiger partial charge is 0.383 e. The van der Waals surface area contributed by atoms with Crippen molar-refractivity contribution in [3.8, 4) is 22.3 Å². The molecular weight excluding hydrogens is 633 g/mol. The average Bonchev–Trinajstić information content (AvgIpc) is 3.20. The quantitative estimate of drug-likeness (QED) is 0.154. The van der Waals surface area contributed by atoms with Gasteiger partial charge >= 0.3 is 0 Å². The molecule has 7 aromatic rings. The van der Waals surface area contributed by atoms with Crippen LogP contribution in [0.4, 0.5) is 0 Å². The van der Waals surface area contributed by atoms with Gasteiger partial charge in [-0.05, 0) is 116 Å². The molecule has 7 aromatic carbocycles. The molecule has 0 bridgehead atoms. The second kappa shape index (κ2) is 13.5. The smallest absolute Gasteiger partial charge is 0.131 e. The maximum absolute atomic E-state index is 5.34. The van der Waals surface area contributed by atoms with Crippen molar-refractivity contribution in [2.24, 2.45) is 4.99 Å².